The van der Waals surface area contributed by atoms with Gasteiger partial charge in [-0.1, -0.05) is 18.2 Å². The van der Waals surface area contributed by atoms with Crippen molar-refractivity contribution in [3.05, 3.63) is 35.9 Å². The van der Waals surface area contributed by atoms with Crippen molar-refractivity contribution < 1.29 is 14.4 Å². The van der Waals surface area contributed by atoms with Crippen molar-refractivity contribution in [3.8, 4) is 0 Å². The second-order valence-electron chi connectivity index (χ2n) is 5.91. The predicted molar refractivity (Wildman–Crippen MR) is 80.2 cm³/mol. The lowest BCUT2D eigenvalue weighted by Gasteiger charge is -2.35. The van der Waals surface area contributed by atoms with Crippen molar-refractivity contribution in [1.29, 1.82) is 0 Å². The highest BCUT2D eigenvalue weighted by molar-refractivity contribution is 6.05. The molecule has 0 unspecified atom stereocenters. The number of urea groups is 1. The van der Waals surface area contributed by atoms with Crippen LogP contribution in [0.5, 0.6) is 0 Å². The van der Waals surface area contributed by atoms with Crippen molar-refractivity contribution in [2.45, 2.75) is 25.9 Å². The second-order valence-corrected chi connectivity index (χ2v) is 5.91. The van der Waals surface area contributed by atoms with E-state index in [4.69, 9.17) is 0 Å². The zero-order valence-corrected chi connectivity index (χ0v) is 12.7. The number of hydrogen-bond acceptors (Lipinski definition) is 3. The van der Waals surface area contributed by atoms with Crippen LogP contribution in [0, 0.1) is 0 Å². The van der Waals surface area contributed by atoms with Gasteiger partial charge in [0.25, 0.3) is 11.8 Å². The van der Waals surface area contributed by atoms with Gasteiger partial charge in [-0.05, 0) is 26.0 Å². The molecule has 2 heterocycles. The van der Waals surface area contributed by atoms with Gasteiger partial charge in [-0.15, -0.1) is 0 Å². The van der Waals surface area contributed by atoms with Gasteiger partial charge in [-0.2, -0.15) is 0 Å². The highest BCUT2D eigenvalue weighted by Gasteiger charge is 2.49. The lowest BCUT2D eigenvalue weighted by Crippen LogP contribution is -2.54. The molecule has 0 aromatic heterocycles. The molecule has 1 aromatic rings. The average Bonchev–Trinajstić information content (AvgIpc) is 2.78. The normalized spacial score (nSPS) is 21.6. The summed E-state index contributed by atoms with van der Waals surface area (Å²) >= 11 is 0. The van der Waals surface area contributed by atoms with Gasteiger partial charge in [0.1, 0.15) is 6.04 Å². The van der Waals surface area contributed by atoms with E-state index in [1.54, 1.807) is 21.9 Å². The fourth-order valence-electron chi connectivity index (χ4n) is 3.04. The summed E-state index contributed by atoms with van der Waals surface area (Å²) < 4.78 is 0. The van der Waals surface area contributed by atoms with Crippen LogP contribution in [0.4, 0.5) is 4.79 Å². The topological polar surface area (TPSA) is 60.9 Å². The molecule has 2 aliphatic rings. The van der Waals surface area contributed by atoms with Gasteiger partial charge < -0.3 is 9.80 Å². The van der Waals surface area contributed by atoms with Crippen LogP contribution in [-0.4, -0.2) is 64.3 Å². The van der Waals surface area contributed by atoms with Gasteiger partial charge in [0.2, 0.25) is 0 Å². The van der Waals surface area contributed by atoms with Crippen LogP contribution >= 0.6 is 0 Å². The summed E-state index contributed by atoms with van der Waals surface area (Å²) in [5.41, 5.74) is 0.605. The van der Waals surface area contributed by atoms with Crippen molar-refractivity contribution in [2.24, 2.45) is 0 Å². The zero-order valence-electron chi connectivity index (χ0n) is 12.7. The molecule has 0 aliphatic carbocycles. The van der Waals surface area contributed by atoms with Gasteiger partial charge >= 0.3 is 6.03 Å². The first-order chi connectivity index (χ1) is 10.5. The minimum absolute atomic E-state index is 0.0940. The van der Waals surface area contributed by atoms with Crippen LogP contribution in [-0.2, 0) is 4.79 Å². The molecule has 0 N–H and O–H groups in total. The molecule has 22 heavy (non-hydrogen) atoms. The van der Waals surface area contributed by atoms with Crippen molar-refractivity contribution in [2.75, 3.05) is 19.6 Å². The number of rotatable bonds is 2. The van der Waals surface area contributed by atoms with Crippen molar-refractivity contribution in [3.63, 3.8) is 0 Å². The molecular formula is C16H19N3O3. The maximum absolute atomic E-state index is 12.5. The molecule has 2 aliphatic heterocycles. The summed E-state index contributed by atoms with van der Waals surface area (Å²) in [7, 11) is 0. The van der Waals surface area contributed by atoms with Gasteiger partial charge in [0, 0.05) is 24.7 Å². The van der Waals surface area contributed by atoms with E-state index in [1.165, 1.54) is 4.90 Å². The van der Waals surface area contributed by atoms with Crippen LogP contribution in [0.1, 0.15) is 24.2 Å². The van der Waals surface area contributed by atoms with Crippen molar-refractivity contribution in [1.82, 2.24) is 14.7 Å². The summed E-state index contributed by atoms with van der Waals surface area (Å²) in [5.74, 6) is -0.297. The Morgan fingerprint density at radius 2 is 1.82 bits per heavy atom. The van der Waals surface area contributed by atoms with Crippen LogP contribution in [0.2, 0.25) is 0 Å². The van der Waals surface area contributed by atoms with E-state index >= 15 is 0 Å². The van der Waals surface area contributed by atoms with E-state index in [9.17, 15) is 14.4 Å². The molecule has 1 aromatic carbocycles. The number of nitrogens with zero attached hydrogens (tertiary/aromatic N) is 3. The van der Waals surface area contributed by atoms with Crippen LogP contribution in [0.25, 0.3) is 0 Å². The van der Waals surface area contributed by atoms with Crippen LogP contribution in [0.3, 0.4) is 0 Å². The highest BCUT2D eigenvalue weighted by Crippen LogP contribution is 2.24. The first kappa shape index (κ1) is 14.6. The first-order valence-corrected chi connectivity index (χ1v) is 7.48. The summed E-state index contributed by atoms with van der Waals surface area (Å²) in [6.45, 7) is 4.76. The molecule has 3 rings (SSSR count). The summed E-state index contributed by atoms with van der Waals surface area (Å²) in [4.78, 5) is 41.7. The molecule has 6 nitrogen and oxygen atoms in total. The molecule has 1 atom stereocenters. The number of carbonyl (C=O) groups excluding carboxylic acids is 3. The standard InChI is InChI=1S/C16H19N3O3/c1-11(2)19-15(21)13-10-17(8-9-18(13)16(19)22)14(20)12-6-4-3-5-7-12/h3-7,11,13H,8-10H2,1-2H3/t13-/m0/s1. The quantitative estimate of drug-likeness (QED) is 0.771. The van der Waals surface area contributed by atoms with E-state index in [0.717, 1.165) is 0 Å². The van der Waals surface area contributed by atoms with E-state index in [2.05, 4.69) is 0 Å². The Labute approximate surface area is 129 Å². The molecule has 0 bridgehead atoms. The van der Waals surface area contributed by atoms with Gasteiger partial charge in [0.15, 0.2) is 0 Å². The maximum atomic E-state index is 12.5. The number of carbonyl (C=O) groups is 3. The number of imide groups is 1. The van der Waals surface area contributed by atoms with E-state index < -0.39 is 6.04 Å². The number of amides is 4. The van der Waals surface area contributed by atoms with E-state index in [1.807, 2.05) is 32.0 Å². The minimum atomic E-state index is -0.545. The second kappa shape index (κ2) is 5.44. The van der Waals surface area contributed by atoms with Gasteiger partial charge in [-0.25, -0.2) is 4.79 Å². The SMILES string of the molecule is CC(C)N1C(=O)[C@@H]2CN(C(=O)c3ccccc3)CCN2C1=O. The molecule has 6 heteroatoms. The lowest BCUT2D eigenvalue weighted by molar-refractivity contribution is -0.130. The zero-order chi connectivity index (χ0) is 15.9. The van der Waals surface area contributed by atoms with E-state index in [-0.39, 0.29) is 30.4 Å². The predicted octanol–water partition coefficient (Wildman–Crippen LogP) is 1.18. The molecule has 0 radical (unpaired) electrons. The van der Waals surface area contributed by atoms with E-state index in [0.29, 0.717) is 18.7 Å². The smallest absolute Gasteiger partial charge is 0.327 e. The molecule has 2 saturated heterocycles. The molecule has 116 valence electrons. The van der Waals surface area contributed by atoms with Crippen LogP contribution < -0.4 is 0 Å². The Hall–Kier alpha value is -2.37. The Kier molecular flexibility index (Phi) is 3.60. The fraction of sp³-hybridized carbons (Fsp3) is 0.438. The Morgan fingerprint density at radius 3 is 2.45 bits per heavy atom. The number of benzene rings is 1. The minimum Gasteiger partial charge on any atom is -0.334 e. The number of piperazine rings is 1. The third-order valence-corrected chi connectivity index (χ3v) is 4.18. The molecule has 4 amide bonds. The third kappa shape index (κ3) is 2.24. The van der Waals surface area contributed by atoms with Crippen LogP contribution in [0.15, 0.2) is 30.3 Å². The lowest BCUT2D eigenvalue weighted by atomic mass is 10.1. The Morgan fingerprint density at radius 1 is 1.14 bits per heavy atom. The summed E-state index contributed by atoms with van der Waals surface area (Å²) in [5, 5.41) is 0. The monoisotopic (exact) mass is 301 g/mol. The Balaban J connectivity index is 1.78. The fourth-order valence-corrected chi connectivity index (χ4v) is 3.04. The number of fused-ring (bicyclic) bond motifs is 1. The number of hydrogen-bond donors (Lipinski definition) is 0. The summed E-state index contributed by atoms with van der Waals surface area (Å²) in [6.07, 6.45) is 0. The average molecular weight is 301 g/mol. The Bertz CT molecular complexity index is 614. The molecule has 0 spiro atoms. The first-order valence-electron chi connectivity index (χ1n) is 7.48. The van der Waals surface area contributed by atoms with Gasteiger partial charge in [0.05, 0.1) is 6.54 Å². The maximum Gasteiger partial charge on any atom is 0.327 e. The molecular weight excluding hydrogens is 282 g/mol. The highest BCUT2D eigenvalue weighted by atomic mass is 16.2. The van der Waals surface area contributed by atoms with Crippen molar-refractivity contribution >= 4 is 17.8 Å². The van der Waals surface area contributed by atoms with Gasteiger partial charge in [-0.3, -0.25) is 14.5 Å². The summed E-state index contributed by atoms with van der Waals surface area (Å²) in [6, 6.07) is 8.06. The molecule has 0 saturated carbocycles. The largest absolute Gasteiger partial charge is 0.334 e. The molecule has 2 fully saturated rings. The third-order valence-electron chi connectivity index (χ3n) is 4.18.